The van der Waals surface area contributed by atoms with Gasteiger partial charge in [0.1, 0.15) is 12.4 Å². The summed E-state index contributed by atoms with van der Waals surface area (Å²) in [4.78, 5) is 14.8. The summed E-state index contributed by atoms with van der Waals surface area (Å²) in [6.45, 7) is 0.998. The summed E-state index contributed by atoms with van der Waals surface area (Å²) in [6, 6.07) is 26.7. The zero-order chi connectivity index (χ0) is 22.8. The number of urea groups is 1. The molecule has 2 N–H and O–H groups in total. The Morgan fingerprint density at radius 1 is 1.00 bits per heavy atom. The number of nitriles is 1. The standard InChI is InChI=1S/C26H28N4O2/c1-30(2)18-25(21-8-4-3-5-9-21)29-26(31)28-24-11-7-6-10-22(24)19-32-23-14-12-20(13-15-23)16-17-27/h3-15,25H,16,18-19H2,1-2H3,(H2,28,29,31). The summed E-state index contributed by atoms with van der Waals surface area (Å²) < 4.78 is 5.89. The van der Waals surface area contributed by atoms with E-state index in [2.05, 4.69) is 16.7 Å². The maximum atomic E-state index is 12.8. The summed E-state index contributed by atoms with van der Waals surface area (Å²) in [5.74, 6) is 0.709. The fourth-order valence-corrected chi connectivity index (χ4v) is 3.33. The minimum Gasteiger partial charge on any atom is -0.489 e. The van der Waals surface area contributed by atoms with E-state index in [-0.39, 0.29) is 12.1 Å². The summed E-state index contributed by atoms with van der Waals surface area (Å²) in [5.41, 5.74) is 3.56. The van der Waals surface area contributed by atoms with Crippen LogP contribution in [0.4, 0.5) is 10.5 Å². The number of anilines is 1. The molecule has 0 aliphatic rings. The van der Waals surface area contributed by atoms with Crippen LogP contribution in [-0.2, 0) is 13.0 Å². The highest BCUT2D eigenvalue weighted by Gasteiger charge is 2.16. The van der Waals surface area contributed by atoms with E-state index in [1.54, 1.807) is 0 Å². The average Bonchev–Trinajstić information content (AvgIpc) is 2.79. The molecule has 1 unspecified atom stereocenters. The molecule has 0 spiro atoms. The van der Waals surface area contributed by atoms with Gasteiger partial charge in [0.05, 0.1) is 18.5 Å². The van der Waals surface area contributed by atoms with Crippen LogP contribution in [0.1, 0.15) is 22.7 Å². The van der Waals surface area contributed by atoms with Crippen LogP contribution in [0.5, 0.6) is 5.75 Å². The van der Waals surface area contributed by atoms with E-state index in [9.17, 15) is 4.79 Å². The lowest BCUT2D eigenvalue weighted by Crippen LogP contribution is -2.38. The number of benzene rings is 3. The van der Waals surface area contributed by atoms with Gasteiger partial charge in [-0.2, -0.15) is 5.26 Å². The largest absolute Gasteiger partial charge is 0.489 e. The van der Waals surface area contributed by atoms with Crippen molar-refractivity contribution in [2.45, 2.75) is 19.1 Å². The number of ether oxygens (including phenoxy) is 1. The number of para-hydroxylation sites is 1. The van der Waals surface area contributed by atoms with Gasteiger partial charge in [0.25, 0.3) is 0 Å². The molecule has 0 aromatic heterocycles. The van der Waals surface area contributed by atoms with E-state index in [0.717, 1.165) is 16.7 Å². The topological polar surface area (TPSA) is 77.4 Å². The Balaban J connectivity index is 1.64. The fourth-order valence-electron chi connectivity index (χ4n) is 3.33. The monoisotopic (exact) mass is 428 g/mol. The van der Waals surface area contributed by atoms with Crippen LogP contribution in [0.15, 0.2) is 78.9 Å². The third kappa shape index (κ3) is 6.86. The quantitative estimate of drug-likeness (QED) is 0.515. The predicted octanol–water partition coefficient (Wildman–Crippen LogP) is 4.76. The molecule has 6 nitrogen and oxygen atoms in total. The third-order valence-corrected chi connectivity index (χ3v) is 4.92. The lowest BCUT2D eigenvalue weighted by atomic mass is 10.1. The van der Waals surface area contributed by atoms with Crippen molar-refractivity contribution in [1.29, 1.82) is 5.26 Å². The number of rotatable bonds is 9. The van der Waals surface area contributed by atoms with Crippen molar-refractivity contribution in [2.75, 3.05) is 26.0 Å². The number of nitrogens with zero attached hydrogens (tertiary/aromatic N) is 2. The van der Waals surface area contributed by atoms with Crippen molar-refractivity contribution >= 4 is 11.7 Å². The van der Waals surface area contributed by atoms with E-state index in [0.29, 0.717) is 31.0 Å². The molecule has 3 rings (SSSR count). The summed E-state index contributed by atoms with van der Waals surface area (Å²) in [5, 5.41) is 14.8. The molecule has 164 valence electrons. The number of carbonyl (C=O) groups is 1. The molecule has 0 aliphatic carbocycles. The van der Waals surface area contributed by atoms with Crippen LogP contribution >= 0.6 is 0 Å². The average molecular weight is 429 g/mol. The molecule has 2 amide bonds. The van der Waals surface area contributed by atoms with E-state index >= 15 is 0 Å². The Labute approximate surface area is 189 Å². The molecule has 0 bridgehead atoms. The molecular formula is C26H28N4O2. The van der Waals surface area contributed by atoms with Gasteiger partial charge in [-0.25, -0.2) is 4.79 Å². The summed E-state index contributed by atoms with van der Waals surface area (Å²) in [7, 11) is 3.96. The van der Waals surface area contributed by atoms with Crippen molar-refractivity contribution in [2.24, 2.45) is 0 Å². The smallest absolute Gasteiger partial charge is 0.319 e. The zero-order valence-electron chi connectivity index (χ0n) is 18.4. The minimum atomic E-state index is -0.269. The van der Waals surface area contributed by atoms with Crippen LogP contribution < -0.4 is 15.4 Å². The van der Waals surface area contributed by atoms with Gasteiger partial charge in [-0.05, 0) is 43.4 Å². The van der Waals surface area contributed by atoms with E-state index < -0.39 is 0 Å². The van der Waals surface area contributed by atoms with Crippen molar-refractivity contribution in [3.8, 4) is 11.8 Å². The second kappa shape index (κ2) is 11.5. The highest BCUT2D eigenvalue weighted by Crippen LogP contribution is 2.20. The normalized spacial score (nSPS) is 11.4. The molecule has 1 atom stereocenters. The van der Waals surface area contributed by atoms with Gasteiger partial charge in [-0.1, -0.05) is 60.7 Å². The van der Waals surface area contributed by atoms with Crippen molar-refractivity contribution in [1.82, 2.24) is 10.2 Å². The van der Waals surface area contributed by atoms with E-state index in [1.165, 1.54) is 0 Å². The van der Waals surface area contributed by atoms with Gasteiger partial charge in [0.15, 0.2) is 0 Å². The van der Waals surface area contributed by atoms with Gasteiger partial charge in [-0.3, -0.25) is 0 Å². The van der Waals surface area contributed by atoms with E-state index in [4.69, 9.17) is 10.00 Å². The van der Waals surface area contributed by atoms with Gasteiger partial charge in [0, 0.05) is 17.8 Å². The number of carbonyl (C=O) groups excluding carboxylic acids is 1. The number of hydrogen-bond acceptors (Lipinski definition) is 4. The van der Waals surface area contributed by atoms with Gasteiger partial charge < -0.3 is 20.3 Å². The first-order valence-electron chi connectivity index (χ1n) is 10.5. The Morgan fingerprint density at radius 2 is 1.69 bits per heavy atom. The second-order valence-corrected chi connectivity index (χ2v) is 7.75. The maximum absolute atomic E-state index is 12.8. The highest BCUT2D eigenvalue weighted by atomic mass is 16.5. The van der Waals surface area contributed by atoms with Crippen molar-refractivity contribution in [3.63, 3.8) is 0 Å². The van der Waals surface area contributed by atoms with Gasteiger partial charge >= 0.3 is 6.03 Å². The van der Waals surface area contributed by atoms with Crippen LogP contribution in [0.3, 0.4) is 0 Å². The number of amides is 2. The van der Waals surface area contributed by atoms with Crippen molar-refractivity contribution < 1.29 is 9.53 Å². The third-order valence-electron chi connectivity index (χ3n) is 4.92. The molecule has 0 saturated heterocycles. The van der Waals surface area contributed by atoms with Crippen LogP contribution in [0.25, 0.3) is 0 Å². The first-order valence-corrected chi connectivity index (χ1v) is 10.5. The SMILES string of the molecule is CN(C)CC(NC(=O)Nc1ccccc1COc1ccc(CC#N)cc1)c1ccccc1. The number of likely N-dealkylation sites (N-methyl/N-ethyl adjacent to an activating group) is 1. The number of hydrogen-bond donors (Lipinski definition) is 2. The molecule has 0 fully saturated rings. The van der Waals surface area contributed by atoms with E-state index in [1.807, 2.05) is 97.9 Å². The Hall–Kier alpha value is -3.82. The maximum Gasteiger partial charge on any atom is 0.319 e. The molecule has 0 heterocycles. The summed E-state index contributed by atoms with van der Waals surface area (Å²) >= 11 is 0. The lowest BCUT2D eigenvalue weighted by molar-refractivity contribution is 0.244. The molecule has 0 aliphatic heterocycles. The van der Waals surface area contributed by atoms with Crippen LogP contribution in [-0.4, -0.2) is 31.6 Å². The highest BCUT2D eigenvalue weighted by molar-refractivity contribution is 5.90. The predicted molar refractivity (Wildman–Crippen MR) is 126 cm³/mol. The van der Waals surface area contributed by atoms with Crippen molar-refractivity contribution in [3.05, 3.63) is 95.6 Å². The Morgan fingerprint density at radius 3 is 2.38 bits per heavy atom. The van der Waals surface area contributed by atoms with Gasteiger partial charge in [0.2, 0.25) is 0 Å². The molecule has 32 heavy (non-hydrogen) atoms. The minimum absolute atomic E-state index is 0.137. The molecule has 0 radical (unpaired) electrons. The fraction of sp³-hybridized carbons (Fsp3) is 0.231. The molecular weight excluding hydrogens is 400 g/mol. The van der Waals surface area contributed by atoms with Crippen LogP contribution in [0, 0.1) is 11.3 Å². The molecule has 3 aromatic rings. The first kappa shape index (κ1) is 22.9. The number of nitrogens with one attached hydrogen (secondary N) is 2. The Bertz CT molecular complexity index is 1040. The Kier molecular flexibility index (Phi) is 8.24. The second-order valence-electron chi connectivity index (χ2n) is 7.75. The zero-order valence-corrected chi connectivity index (χ0v) is 18.4. The molecule has 6 heteroatoms. The molecule has 3 aromatic carbocycles. The van der Waals surface area contributed by atoms with Gasteiger partial charge in [-0.15, -0.1) is 0 Å². The molecule has 0 saturated carbocycles. The lowest BCUT2D eigenvalue weighted by Gasteiger charge is -2.23. The van der Waals surface area contributed by atoms with Crippen LogP contribution in [0.2, 0.25) is 0 Å². The summed E-state index contributed by atoms with van der Waals surface area (Å²) in [6.07, 6.45) is 0.375. The first-order chi connectivity index (χ1) is 15.5.